The van der Waals surface area contributed by atoms with E-state index < -0.39 is 0 Å². The zero-order valence-electron chi connectivity index (χ0n) is 12.8. The molecule has 0 spiro atoms. The second kappa shape index (κ2) is 6.04. The third-order valence-electron chi connectivity index (χ3n) is 4.54. The fraction of sp³-hybridized carbons (Fsp3) is 0.706. The Hall–Kier alpha value is -0.890. The van der Waals surface area contributed by atoms with Crippen LogP contribution >= 0.6 is 0 Å². The van der Waals surface area contributed by atoms with Crippen LogP contribution in [0.25, 0.3) is 0 Å². The van der Waals surface area contributed by atoms with Crippen molar-refractivity contribution in [2.24, 2.45) is 17.8 Å². The summed E-state index contributed by atoms with van der Waals surface area (Å²) in [5, 5.41) is 3.66. The lowest BCUT2D eigenvalue weighted by Crippen LogP contribution is -2.50. The number of hydrogen-bond acceptors (Lipinski definition) is 2. The number of rotatable bonds is 6. The van der Waals surface area contributed by atoms with Crippen molar-refractivity contribution >= 4 is 0 Å². The van der Waals surface area contributed by atoms with E-state index in [-0.39, 0.29) is 0 Å². The van der Waals surface area contributed by atoms with Gasteiger partial charge in [-0.05, 0) is 48.8 Å². The Balaban J connectivity index is 2.03. The van der Waals surface area contributed by atoms with Crippen LogP contribution < -0.4 is 5.32 Å². The molecule has 0 amide bonds. The molecule has 2 rings (SSSR count). The molecule has 1 fully saturated rings. The Labute approximate surface area is 118 Å². The summed E-state index contributed by atoms with van der Waals surface area (Å²) >= 11 is 0. The summed E-state index contributed by atoms with van der Waals surface area (Å²) in [6.07, 6.45) is 6.55. The number of aromatic nitrogens is 1. The molecule has 1 heterocycles. The molecule has 2 heteroatoms. The van der Waals surface area contributed by atoms with E-state index in [0.29, 0.717) is 11.3 Å². The molecule has 0 bridgehead atoms. The van der Waals surface area contributed by atoms with Gasteiger partial charge in [0, 0.05) is 24.4 Å². The van der Waals surface area contributed by atoms with Crippen molar-refractivity contribution in [2.75, 3.05) is 13.1 Å². The Morgan fingerprint density at radius 1 is 1.32 bits per heavy atom. The molecule has 0 radical (unpaired) electrons. The fourth-order valence-electron chi connectivity index (χ4n) is 3.17. The molecule has 1 saturated carbocycles. The lowest BCUT2D eigenvalue weighted by Gasteiger charge is -2.50. The lowest BCUT2D eigenvalue weighted by molar-refractivity contribution is 0.0968. The van der Waals surface area contributed by atoms with Gasteiger partial charge in [-0.15, -0.1) is 0 Å². The Morgan fingerprint density at radius 2 is 2.05 bits per heavy atom. The van der Waals surface area contributed by atoms with Crippen LogP contribution in [0.3, 0.4) is 0 Å². The van der Waals surface area contributed by atoms with Gasteiger partial charge >= 0.3 is 0 Å². The van der Waals surface area contributed by atoms with Gasteiger partial charge in [-0.25, -0.2) is 0 Å². The van der Waals surface area contributed by atoms with Crippen molar-refractivity contribution in [2.45, 2.75) is 46.0 Å². The van der Waals surface area contributed by atoms with Gasteiger partial charge in [-0.1, -0.05) is 33.8 Å². The highest BCUT2D eigenvalue weighted by atomic mass is 14.9. The zero-order valence-corrected chi connectivity index (χ0v) is 12.8. The Kier molecular flexibility index (Phi) is 4.62. The van der Waals surface area contributed by atoms with Crippen molar-refractivity contribution in [1.82, 2.24) is 10.3 Å². The first-order valence-corrected chi connectivity index (χ1v) is 7.65. The third-order valence-corrected chi connectivity index (χ3v) is 4.54. The second-order valence-corrected chi connectivity index (χ2v) is 6.96. The van der Waals surface area contributed by atoms with E-state index in [9.17, 15) is 0 Å². The molecule has 0 atom stereocenters. The predicted octanol–water partition coefficient (Wildman–Crippen LogP) is 3.63. The first-order chi connectivity index (χ1) is 9.03. The minimum atomic E-state index is 0.331. The molecule has 1 aliphatic rings. The third kappa shape index (κ3) is 3.36. The highest BCUT2D eigenvalue weighted by molar-refractivity contribution is 5.27. The summed E-state index contributed by atoms with van der Waals surface area (Å²) in [6, 6.07) is 4.32. The van der Waals surface area contributed by atoms with Crippen LogP contribution in [0.4, 0.5) is 0 Å². The molecule has 106 valence electrons. The van der Waals surface area contributed by atoms with E-state index in [1.807, 2.05) is 6.20 Å². The van der Waals surface area contributed by atoms with Crippen molar-refractivity contribution in [3.05, 3.63) is 30.1 Å². The molecule has 2 nitrogen and oxygen atoms in total. The first kappa shape index (κ1) is 14.5. The monoisotopic (exact) mass is 260 g/mol. The Bertz CT molecular complexity index is 378. The van der Waals surface area contributed by atoms with E-state index >= 15 is 0 Å². The molecule has 1 aliphatic carbocycles. The van der Waals surface area contributed by atoms with Crippen LogP contribution in [0.15, 0.2) is 24.5 Å². The molecule has 0 unspecified atom stereocenters. The van der Waals surface area contributed by atoms with Crippen molar-refractivity contribution in [1.29, 1.82) is 0 Å². The summed E-state index contributed by atoms with van der Waals surface area (Å²) in [4.78, 5) is 4.32. The van der Waals surface area contributed by atoms with Gasteiger partial charge in [0.2, 0.25) is 0 Å². The number of nitrogens with one attached hydrogen (secondary N) is 1. The number of hydrogen-bond donors (Lipinski definition) is 1. The van der Waals surface area contributed by atoms with E-state index in [1.54, 1.807) is 0 Å². The van der Waals surface area contributed by atoms with Crippen LogP contribution in [0.2, 0.25) is 0 Å². The average Bonchev–Trinajstić information content (AvgIpc) is 2.32. The fourth-order valence-corrected chi connectivity index (χ4v) is 3.17. The largest absolute Gasteiger partial charge is 0.316 e. The van der Waals surface area contributed by atoms with E-state index in [1.165, 1.54) is 18.4 Å². The molecule has 0 aromatic carbocycles. The zero-order chi connectivity index (χ0) is 13.9. The van der Waals surface area contributed by atoms with Gasteiger partial charge in [0.1, 0.15) is 0 Å². The van der Waals surface area contributed by atoms with Gasteiger partial charge in [-0.3, -0.25) is 4.98 Å². The topological polar surface area (TPSA) is 24.9 Å². The summed E-state index contributed by atoms with van der Waals surface area (Å²) in [7, 11) is 0. The molecule has 0 saturated heterocycles. The number of nitrogens with zero attached hydrogens (tertiary/aromatic N) is 1. The minimum absolute atomic E-state index is 0.331. The van der Waals surface area contributed by atoms with Gasteiger partial charge in [0.25, 0.3) is 0 Å². The van der Waals surface area contributed by atoms with Crippen LogP contribution in [-0.4, -0.2) is 18.1 Å². The van der Waals surface area contributed by atoms with Crippen molar-refractivity contribution in [3.63, 3.8) is 0 Å². The van der Waals surface area contributed by atoms with Crippen LogP contribution in [-0.2, 0) is 5.41 Å². The highest BCUT2D eigenvalue weighted by Gasteiger charge is 2.46. The van der Waals surface area contributed by atoms with E-state index in [0.717, 1.165) is 24.9 Å². The molecular weight excluding hydrogens is 232 g/mol. The maximum atomic E-state index is 4.32. The van der Waals surface area contributed by atoms with Gasteiger partial charge in [-0.2, -0.15) is 0 Å². The second-order valence-electron chi connectivity index (χ2n) is 6.96. The SMILES string of the molecule is CC(C)CNCC1(c2cccnc2)CC(C(C)C)C1. The molecular formula is C17H28N2. The molecule has 0 aliphatic heterocycles. The van der Waals surface area contributed by atoms with Crippen LogP contribution in [0.1, 0.15) is 46.1 Å². The van der Waals surface area contributed by atoms with Gasteiger partial charge < -0.3 is 5.32 Å². The Morgan fingerprint density at radius 3 is 2.58 bits per heavy atom. The summed E-state index contributed by atoms with van der Waals surface area (Å²) < 4.78 is 0. The van der Waals surface area contributed by atoms with Crippen LogP contribution in [0, 0.1) is 17.8 Å². The maximum Gasteiger partial charge on any atom is 0.0306 e. The quantitative estimate of drug-likeness (QED) is 0.845. The average molecular weight is 260 g/mol. The number of pyridine rings is 1. The summed E-state index contributed by atoms with van der Waals surface area (Å²) in [6.45, 7) is 11.4. The maximum absolute atomic E-state index is 4.32. The smallest absolute Gasteiger partial charge is 0.0306 e. The standard InChI is InChI=1S/C17H28N2/c1-13(2)10-19-12-17(8-15(9-17)14(3)4)16-6-5-7-18-11-16/h5-7,11,13-15,19H,8-10,12H2,1-4H3. The molecule has 1 aromatic rings. The van der Waals surface area contributed by atoms with Gasteiger partial charge in [0.15, 0.2) is 0 Å². The molecule has 1 N–H and O–H groups in total. The predicted molar refractivity (Wildman–Crippen MR) is 81.2 cm³/mol. The van der Waals surface area contributed by atoms with Gasteiger partial charge in [0.05, 0.1) is 0 Å². The minimum Gasteiger partial charge on any atom is -0.316 e. The van der Waals surface area contributed by atoms with E-state index in [4.69, 9.17) is 0 Å². The molecule has 19 heavy (non-hydrogen) atoms. The first-order valence-electron chi connectivity index (χ1n) is 7.65. The molecule has 1 aromatic heterocycles. The highest BCUT2D eigenvalue weighted by Crippen LogP contribution is 2.50. The summed E-state index contributed by atoms with van der Waals surface area (Å²) in [5.74, 6) is 2.39. The lowest BCUT2D eigenvalue weighted by atomic mass is 9.56. The van der Waals surface area contributed by atoms with Crippen LogP contribution in [0.5, 0.6) is 0 Å². The van der Waals surface area contributed by atoms with Crippen molar-refractivity contribution in [3.8, 4) is 0 Å². The summed E-state index contributed by atoms with van der Waals surface area (Å²) in [5.41, 5.74) is 1.75. The normalized spacial score (nSPS) is 26.7. The van der Waals surface area contributed by atoms with Crippen molar-refractivity contribution < 1.29 is 0 Å². The van der Waals surface area contributed by atoms with E-state index in [2.05, 4.69) is 56.3 Å².